The van der Waals surface area contributed by atoms with Gasteiger partial charge in [0.15, 0.2) is 0 Å². The Morgan fingerprint density at radius 1 is 1.37 bits per heavy atom. The van der Waals surface area contributed by atoms with Gasteiger partial charge in [0.05, 0.1) is 25.6 Å². The van der Waals surface area contributed by atoms with Gasteiger partial charge in [-0.25, -0.2) is 9.37 Å². The molecule has 0 saturated carbocycles. The molecule has 4 nitrogen and oxygen atoms in total. The summed E-state index contributed by atoms with van der Waals surface area (Å²) >= 11 is 0. The summed E-state index contributed by atoms with van der Waals surface area (Å²) < 4.78 is 18.6. The van der Waals surface area contributed by atoms with Crippen LogP contribution in [0.3, 0.4) is 0 Å². The fourth-order valence-corrected chi connectivity index (χ4v) is 2.41. The van der Waals surface area contributed by atoms with Crippen molar-refractivity contribution in [3.63, 3.8) is 0 Å². The SMILES string of the molecule is Fc1ccc(C2COCCN2Cc2cnc[nH]2)cc1. The summed E-state index contributed by atoms with van der Waals surface area (Å²) in [5.41, 5.74) is 2.16. The first kappa shape index (κ1) is 12.3. The summed E-state index contributed by atoms with van der Waals surface area (Å²) in [6.07, 6.45) is 3.51. The predicted octanol–water partition coefficient (Wildman–Crippen LogP) is 2.12. The van der Waals surface area contributed by atoms with Gasteiger partial charge in [-0.3, -0.25) is 4.90 Å². The Hall–Kier alpha value is -1.72. The number of H-pyrrole nitrogens is 1. The lowest BCUT2D eigenvalue weighted by Crippen LogP contribution is -2.39. The van der Waals surface area contributed by atoms with Gasteiger partial charge in [-0.1, -0.05) is 12.1 Å². The summed E-state index contributed by atoms with van der Waals surface area (Å²) in [6.45, 7) is 3.03. The van der Waals surface area contributed by atoms with Gasteiger partial charge in [-0.05, 0) is 17.7 Å². The molecule has 1 fully saturated rings. The number of aromatic nitrogens is 2. The highest BCUT2D eigenvalue weighted by molar-refractivity contribution is 5.20. The number of nitrogens with one attached hydrogen (secondary N) is 1. The first-order valence-electron chi connectivity index (χ1n) is 6.37. The maximum absolute atomic E-state index is 13.0. The molecule has 0 spiro atoms. The van der Waals surface area contributed by atoms with E-state index in [0.717, 1.165) is 31.0 Å². The molecular weight excluding hydrogens is 245 g/mol. The molecule has 19 heavy (non-hydrogen) atoms. The van der Waals surface area contributed by atoms with Crippen molar-refractivity contribution in [2.45, 2.75) is 12.6 Å². The van der Waals surface area contributed by atoms with Gasteiger partial charge < -0.3 is 9.72 Å². The second kappa shape index (κ2) is 5.50. The normalized spacial score (nSPS) is 20.6. The molecule has 0 aliphatic carbocycles. The van der Waals surface area contributed by atoms with Crippen LogP contribution in [-0.4, -0.2) is 34.6 Å². The number of aromatic amines is 1. The van der Waals surface area contributed by atoms with Crippen molar-refractivity contribution in [1.82, 2.24) is 14.9 Å². The lowest BCUT2D eigenvalue weighted by atomic mass is 10.0. The standard InChI is InChI=1S/C14H16FN3O/c15-12-3-1-11(2-4-12)14-9-19-6-5-18(14)8-13-7-16-10-17-13/h1-4,7,10,14H,5-6,8-9H2,(H,16,17). The second-order valence-electron chi connectivity index (χ2n) is 4.69. The maximum Gasteiger partial charge on any atom is 0.123 e. The Balaban J connectivity index is 1.78. The number of hydrogen-bond acceptors (Lipinski definition) is 3. The number of morpholine rings is 1. The van der Waals surface area contributed by atoms with E-state index in [0.29, 0.717) is 6.61 Å². The van der Waals surface area contributed by atoms with E-state index in [1.807, 2.05) is 18.3 Å². The van der Waals surface area contributed by atoms with Crippen molar-refractivity contribution in [3.05, 3.63) is 53.9 Å². The van der Waals surface area contributed by atoms with Crippen LogP contribution in [0.15, 0.2) is 36.8 Å². The van der Waals surface area contributed by atoms with Gasteiger partial charge in [-0.15, -0.1) is 0 Å². The van der Waals surface area contributed by atoms with Crippen LogP contribution in [0.1, 0.15) is 17.3 Å². The highest BCUT2D eigenvalue weighted by Crippen LogP contribution is 2.25. The minimum Gasteiger partial charge on any atom is -0.378 e. The molecule has 1 unspecified atom stereocenters. The van der Waals surface area contributed by atoms with Crippen LogP contribution in [0.2, 0.25) is 0 Å². The molecule has 1 atom stereocenters. The number of hydrogen-bond donors (Lipinski definition) is 1. The number of halogens is 1. The third kappa shape index (κ3) is 2.83. The quantitative estimate of drug-likeness (QED) is 0.920. The minimum absolute atomic E-state index is 0.164. The van der Waals surface area contributed by atoms with E-state index in [2.05, 4.69) is 14.9 Å². The number of imidazole rings is 1. The van der Waals surface area contributed by atoms with Crippen LogP contribution in [0.4, 0.5) is 4.39 Å². The Morgan fingerprint density at radius 3 is 2.95 bits per heavy atom. The highest BCUT2D eigenvalue weighted by Gasteiger charge is 2.24. The first-order chi connectivity index (χ1) is 9.33. The van der Waals surface area contributed by atoms with E-state index in [1.54, 1.807) is 6.33 Å². The van der Waals surface area contributed by atoms with Crippen LogP contribution >= 0.6 is 0 Å². The average molecular weight is 261 g/mol. The summed E-state index contributed by atoms with van der Waals surface area (Å²) in [4.78, 5) is 9.47. The zero-order valence-electron chi connectivity index (χ0n) is 10.6. The van der Waals surface area contributed by atoms with Crippen molar-refractivity contribution in [3.8, 4) is 0 Å². The largest absolute Gasteiger partial charge is 0.378 e. The van der Waals surface area contributed by atoms with E-state index in [1.165, 1.54) is 12.1 Å². The third-order valence-electron chi connectivity index (χ3n) is 3.42. The highest BCUT2D eigenvalue weighted by atomic mass is 19.1. The zero-order chi connectivity index (χ0) is 13.1. The Morgan fingerprint density at radius 2 is 2.21 bits per heavy atom. The number of rotatable bonds is 3. The Labute approximate surface area is 111 Å². The van der Waals surface area contributed by atoms with E-state index in [-0.39, 0.29) is 11.9 Å². The van der Waals surface area contributed by atoms with E-state index in [4.69, 9.17) is 4.74 Å². The van der Waals surface area contributed by atoms with Crippen molar-refractivity contribution in [2.24, 2.45) is 0 Å². The number of benzene rings is 1. The monoisotopic (exact) mass is 261 g/mol. The molecule has 5 heteroatoms. The molecule has 1 saturated heterocycles. The summed E-state index contributed by atoms with van der Waals surface area (Å²) in [5.74, 6) is -0.208. The van der Waals surface area contributed by atoms with Crippen LogP contribution < -0.4 is 0 Å². The Bertz CT molecular complexity index is 512. The molecule has 1 N–H and O–H groups in total. The Kier molecular flexibility index (Phi) is 3.57. The molecule has 0 radical (unpaired) electrons. The van der Waals surface area contributed by atoms with E-state index in [9.17, 15) is 4.39 Å². The fourth-order valence-electron chi connectivity index (χ4n) is 2.41. The molecule has 1 aromatic heterocycles. The minimum atomic E-state index is -0.208. The lowest BCUT2D eigenvalue weighted by Gasteiger charge is -2.35. The molecule has 1 aromatic carbocycles. The zero-order valence-corrected chi connectivity index (χ0v) is 10.6. The van der Waals surface area contributed by atoms with Gasteiger partial charge in [0.2, 0.25) is 0 Å². The molecule has 100 valence electrons. The predicted molar refractivity (Wildman–Crippen MR) is 69.0 cm³/mol. The first-order valence-corrected chi connectivity index (χ1v) is 6.37. The lowest BCUT2D eigenvalue weighted by molar-refractivity contribution is -0.0132. The van der Waals surface area contributed by atoms with Crippen molar-refractivity contribution >= 4 is 0 Å². The molecule has 2 aromatic rings. The van der Waals surface area contributed by atoms with Crippen molar-refractivity contribution in [2.75, 3.05) is 19.8 Å². The molecule has 0 bridgehead atoms. The van der Waals surface area contributed by atoms with Gasteiger partial charge in [0, 0.05) is 25.0 Å². The molecule has 1 aliphatic rings. The fraction of sp³-hybridized carbons (Fsp3) is 0.357. The van der Waals surface area contributed by atoms with Crippen molar-refractivity contribution in [1.29, 1.82) is 0 Å². The van der Waals surface area contributed by atoms with Crippen LogP contribution in [0.25, 0.3) is 0 Å². The number of ether oxygens (including phenoxy) is 1. The van der Waals surface area contributed by atoms with Gasteiger partial charge in [-0.2, -0.15) is 0 Å². The second-order valence-corrected chi connectivity index (χ2v) is 4.69. The smallest absolute Gasteiger partial charge is 0.123 e. The van der Waals surface area contributed by atoms with Crippen molar-refractivity contribution < 1.29 is 9.13 Å². The van der Waals surface area contributed by atoms with Crippen LogP contribution in [0.5, 0.6) is 0 Å². The summed E-state index contributed by atoms with van der Waals surface area (Å²) in [7, 11) is 0. The van der Waals surface area contributed by atoms with E-state index < -0.39 is 0 Å². The van der Waals surface area contributed by atoms with Crippen LogP contribution in [0, 0.1) is 5.82 Å². The topological polar surface area (TPSA) is 41.1 Å². The molecule has 0 amide bonds. The summed E-state index contributed by atoms with van der Waals surface area (Å²) in [6, 6.07) is 6.82. The number of nitrogens with zero attached hydrogens (tertiary/aromatic N) is 2. The van der Waals surface area contributed by atoms with E-state index >= 15 is 0 Å². The maximum atomic E-state index is 13.0. The van der Waals surface area contributed by atoms with Crippen LogP contribution in [-0.2, 0) is 11.3 Å². The molecule has 3 rings (SSSR count). The average Bonchev–Trinajstić information content (AvgIpc) is 2.93. The molecule has 1 aliphatic heterocycles. The molecule has 2 heterocycles. The molecular formula is C14H16FN3O. The van der Waals surface area contributed by atoms with Gasteiger partial charge in [0.25, 0.3) is 0 Å². The van der Waals surface area contributed by atoms with Gasteiger partial charge >= 0.3 is 0 Å². The third-order valence-corrected chi connectivity index (χ3v) is 3.42. The summed E-state index contributed by atoms with van der Waals surface area (Å²) in [5, 5.41) is 0. The van der Waals surface area contributed by atoms with Gasteiger partial charge in [0.1, 0.15) is 5.82 Å².